The van der Waals surface area contributed by atoms with Crippen molar-refractivity contribution in [1.29, 1.82) is 0 Å². The first-order chi connectivity index (χ1) is 6.20. The van der Waals surface area contributed by atoms with Crippen LogP contribution in [0.5, 0.6) is 0 Å². The molecule has 3 N–H and O–H groups in total. The Morgan fingerprint density at radius 3 is 2.54 bits per heavy atom. The van der Waals surface area contributed by atoms with Crippen LogP contribution < -0.4 is 10.8 Å². The van der Waals surface area contributed by atoms with Gasteiger partial charge in [0.1, 0.15) is 0 Å². The summed E-state index contributed by atoms with van der Waals surface area (Å²) in [4.78, 5) is 10.2. The van der Waals surface area contributed by atoms with Gasteiger partial charge in [0, 0.05) is 18.3 Å². The summed E-state index contributed by atoms with van der Waals surface area (Å²) in [5.41, 5.74) is 4.04. The van der Waals surface area contributed by atoms with E-state index in [9.17, 15) is 9.90 Å². The molecule has 1 atom stereocenters. The summed E-state index contributed by atoms with van der Waals surface area (Å²) >= 11 is 0. The molecule has 0 bridgehead atoms. The second kappa shape index (κ2) is 5.22. The fraction of sp³-hybridized carbons (Fsp3) is 0.900. The topological polar surface area (TPSA) is 67.8 Å². The fourth-order valence-corrected chi connectivity index (χ4v) is 2.14. The summed E-state index contributed by atoms with van der Waals surface area (Å²) in [7, 11) is 0. The molecule has 13 heavy (non-hydrogen) atoms. The highest BCUT2D eigenvalue weighted by Gasteiger charge is 2.22. The molecule has 0 spiro atoms. The van der Waals surface area contributed by atoms with Gasteiger partial charge in [-0.25, -0.2) is 0 Å². The largest absolute Gasteiger partial charge is 0.550 e. The average Bonchev–Trinajstić information content (AvgIpc) is 2.15. The van der Waals surface area contributed by atoms with Crippen molar-refractivity contribution in [2.45, 2.75) is 51.0 Å². The van der Waals surface area contributed by atoms with Crippen molar-refractivity contribution in [3.8, 4) is 0 Å². The number of rotatable bonds is 4. The Kier molecular flexibility index (Phi) is 4.22. The minimum Gasteiger partial charge on any atom is -0.550 e. The van der Waals surface area contributed by atoms with Gasteiger partial charge < -0.3 is 15.6 Å². The summed E-state index contributed by atoms with van der Waals surface area (Å²) in [6.45, 7) is 0. The number of carboxylic acids is 1. The summed E-state index contributed by atoms with van der Waals surface area (Å²) in [5.74, 6) is -0.280. The van der Waals surface area contributed by atoms with Crippen molar-refractivity contribution in [2.24, 2.45) is 5.92 Å². The van der Waals surface area contributed by atoms with Crippen LogP contribution in [0.2, 0.25) is 0 Å². The summed E-state index contributed by atoms with van der Waals surface area (Å²) in [5, 5.41) is 10.2. The van der Waals surface area contributed by atoms with Crippen LogP contribution in [0, 0.1) is 5.92 Å². The van der Waals surface area contributed by atoms with E-state index in [4.69, 9.17) is 0 Å². The van der Waals surface area contributed by atoms with E-state index in [1.54, 1.807) is 0 Å². The third-order valence-electron chi connectivity index (χ3n) is 3.04. The lowest BCUT2D eigenvalue weighted by Crippen LogP contribution is -2.64. The van der Waals surface area contributed by atoms with Crippen molar-refractivity contribution < 1.29 is 15.6 Å². The van der Waals surface area contributed by atoms with Crippen LogP contribution in [0.25, 0.3) is 0 Å². The van der Waals surface area contributed by atoms with Gasteiger partial charge in [-0.1, -0.05) is 19.3 Å². The molecule has 3 nitrogen and oxygen atoms in total. The molecule has 76 valence electrons. The number of quaternary nitrogens is 1. The standard InChI is InChI=1S/C10H19NO2/c11-9(6-7-10(12)13)8-4-2-1-3-5-8/h8-9H,1-7,11H2,(H,12,13)/t9-/m0/s1. The van der Waals surface area contributed by atoms with E-state index in [-0.39, 0.29) is 6.42 Å². The van der Waals surface area contributed by atoms with Gasteiger partial charge in [-0.2, -0.15) is 0 Å². The van der Waals surface area contributed by atoms with Gasteiger partial charge in [0.2, 0.25) is 0 Å². The molecule has 0 aromatic heterocycles. The molecule has 0 aromatic carbocycles. The van der Waals surface area contributed by atoms with E-state index in [0.29, 0.717) is 18.4 Å². The van der Waals surface area contributed by atoms with Gasteiger partial charge >= 0.3 is 0 Å². The number of hydrogen-bond acceptors (Lipinski definition) is 2. The molecule has 1 aliphatic rings. The molecule has 0 aromatic rings. The SMILES string of the molecule is [NH3+][C@@H](CCC(=O)[O-])C1CCCCC1. The van der Waals surface area contributed by atoms with Crippen molar-refractivity contribution in [2.75, 3.05) is 0 Å². The highest BCUT2D eigenvalue weighted by Crippen LogP contribution is 2.26. The minimum atomic E-state index is -0.940. The van der Waals surface area contributed by atoms with E-state index in [0.717, 1.165) is 0 Å². The number of hydrogen-bond donors (Lipinski definition) is 1. The molecule has 0 unspecified atom stereocenters. The smallest absolute Gasteiger partial charge is 0.0875 e. The zero-order chi connectivity index (χ0) is 9.68. The van der Waals surface area contributed by atoms with Crippen molar-refractivity contribution in [3.63, 3.8) is 0 Å². The van der Waals surface area contributed by atoms with Crippen molar-refractivity contribution in [1.82, 2.24) is 0 Å². The second-order valence-corrected chi connectivity index (χ2v) is 4.07. The molecule has 1 fully saturated rings. The van der Waals surface area contributed by atoms with Crippen molar-refractivity contribution in [3.05, 3.63) is 0 Å². The van der Waals surface area contributed by atoms with Crippen LogP contribution in [0.1, 0.15) is 44.9 Å². The Balaban J connectivity index is 2.20. The molecule has 1 saturated carbocycles. The Morgan fingerprint density at radius 1 is 1.38 bits per heavy atom. The molecule has 0 radical (unpaired) electrons. The first-order valence-corrected chi connectivity index (χ1v) is 5.23. The minimum absolute atomic E-state index is 0.171. The number of carboxylic acid groups (broad SMARTS) is 1. The fourth-order valence-electron chi connectivity index (χ4n) is 2.14. The first kappa shape index (κ1) is 10.5. The Labute approximate surface area is 79.3 Å². The predicted molar refractivity (Wildman–Crippen MR) is 47.5 cm³/mol. The molecule has 3 heteroatoms. The maximum Gasteiger partial charge on any atom is 0.0875 e. The quantitative estimate of drug-likeness (QED) is 0.653. The molecule has 0 aliphatic heterocycles. The molecule has 0 saturated heterocycles. The Morgan fingerprint density at radius 2 is 2.00 bits per heavy atom. The van der Waals surface area contributed by atoms with Gasteiger partial charge in [0.05, 0.1) is 6.04 Å². The van der Waals surface area contributed by atoms with Crippen LogP contribution in [0.15, 0.2) is 0 Å². The first-order valence-electron chi connectivity index (χ1n) is 5.23. The monoisotopic (exact) mass is 185 g/mol. The lowest BCUT2D eigenvalue weighted by molar-refractivity contribution is -0.436. The lowest BCUT2D eigenvalue weighted by atomic mass is 9.83. The number of carbonyl (C=O) groups is 1. The van der Waals surface area contributed by atoms with E-state index >= 15 is 0 Å². The van der Waals surface area contributed by atoms with Gasteiger partial charge in [0.25, 0.3) is 0 Å². The van der Waals surface area contributed by atoms with Crippen LogP contribution in [0.3, 0.4) is 0 Å². The number of carbonyl (C=O) groups excluding carboxylic acids is 1. The van der Waals surface area contributed by atoms with Gasteiger partial charge in [-0.3, -0.25) is 0 Å². The van der Waals surface area contributed by atoms with E-state index in [2.05, 4.69) is 5.73 Å². The summed E-state index contributed by atoms with van der Waals surface area (Å²) < 4.78 is 0. The molecule has 1 aliphatic carbocycles. The maximum atomic E-state index is 10.2. The van der Waals surface area contributed by atoms with Gasteiger partial charge in [0.15, 0.2) is 0 Å². The van der Waals surface area contributed by atoms with E-state index in [1.165, 1.54) is 32.1 Å². The van der Waals surface area contributed by atoms with E-state index < -0.39 is 5.97 Å². The molecule has 1 rings (SSSR count). The Bertz CT molecular complexity index is 164. The number of aliphatic carboxylic acids is 1. The maximum absolute atomic E-state index is 10.2. The van der Waals surface area contributed by atoms with Gasteiger partial charge in [-0.05, 0) is 19.3 Å². The van der Waals surface area contributed by atoms with Crippen LogP contribution in [-0.2, 0) is 4.79 Å². The van der Waals surface area contributed by atoms with Gasteiger partial charge in [-0.15, -0.1) is 0 Å². The highest BCUT2D eigenvalue weighted by atomic mass is 16.4. The molecular weight excluding hydrogens is 166 g/mol. The highest BCUT2D eigenvalue weighted by molar-refractivity contribution is 5.64. The second-order valence-electron chi connectivity index (χ2n) is 4.07. The average molecular weight is 185 g/mol. The molecule has 0 amide bonds. The zero-order valence-corrected chi connectivity index (χ0v) is 8.13. The third kappa shape index (κ3) is 3.77. The van der Waals surface area contributed by atoms with Crippen LogP contribution in [0.4, 0.5) is 0 Å². The molecular formula is C10H19NO2. The lowest BCUT2D eigenvalue weighted by Gasteiger charge is -2.24. The normalized spacial score (nSPS) is 21.3. The Hall–Kier alpha value is -0.570. The van der Waals surface area contributed by atoms with E-state index in [1.807, 2.05) is 0 Å². The predicted octanol–water partition coefficient (Wildman–Crippen LogP) is -0.293. The van der Waals surface area contributed by atoms with Crippen LogP contribution in [-0.4, -0.2) is 12.0 Å². The molecule has 0 heterocycles. The van der Waals surface area contributed by atoms with Crippen molar-refractivity contribution >= 4 is 5.97 Å². The third-order valence-corrected chi connectivity index (χ3v) is 3.04. The van der Waals surface area contributed by atoms with Crippen LogP contribution >= 0.6 is 0 Å². The summed E-state index contributed by atoms with van der Waals surface area (Å²) in [6.07, 6.45) is 7.26. The summed E-state index contributed by atoms with van der Waals surface area (Å²) in [6, 6.07) is 0.318. The zero-order valence-electron chi connectivity index (χ0n) is 8.13.